The van der Waals surface area contributed by atoms with Crippen LogP contribution in [0.4, 0.5) is 0 Å². The monoisotopic (exact) mass is 337 g/mol. The normalized spacial score (nSPS) is 16.4. The Labute approximate surface area is 148 Å². The van der Waals surface area contributed by atoms with E-state index < -0.39 is 11.9 Å². The lowest BCUT2D eigenvalue weighted by Crippen LogP contribution is -2.40. The van der Waals surface area contributed by atoms with Crippen molar-refractivity contribution < 1.29 is 14.7 Å². The number of carboxylic acids is 1. The number of hydrogen-bond acceptors (Lipinski definition) is 2. The van der Waals surface area contributed by atoms with E-state index in [-0.39, 0.29) is 12.5 Å². The van der Waals surface area contributed by atoms with Gasteiger partial charge < -0.3 is 10.0 Å². The van der Waals surface area contributed by atoms with Crippen LogP contribution >= 0.6 is 0 Å². The molecular formula is C21H23NO3. The number of carbonyl (C=O) groups is 2. The minimum Gasteiger partial charge on any atom is -0.481 e. The van der Waals surface area contributed by atoms with Crippen LogP contribution in [0, 0.1) is 13.8 Å². The van der Waals surface area contributed by atoms with E-state index in [2.05, 4.69) is 32.0 Å². The number of benzene rings is 2. The smallest absolute Gasteiger partial charge is 0.312 e. The Balaban J connectivity index is 1.71. The van der Waals surface area contributed by atoms with Gasteiger partial charge in [-0.05, 0) is 42.5 Å². The molecule has 130 valence electrons. The Morgan fingerprint density at radius 3 is 2.64 bits per heavy atom. The molecule has 0 aliphatic carbocycles. The molecule has 4 nitrogen and oxygen atoms in total. The molecular weight excluding hydrogens is 314 g/mol. The Morgan fingerprint density at radius 2 is 1.92 bits per heavy atom. The Kier molecular flexibility index (Phi) is 4.88. The third-order valence-electron chi connectivity index (χ3n) is 4.95. The summed E-state index contributed by atoms with van der Waals surface area (Å²) in [5.74, 6) is -1.50. The second-order valence-corrected chi connectivity index (χ2v) is 6.79. The van der Waals surface area contributed by atoms with E-state index >= 15 is 0 Å². The van der Waals surface area contributed by atoms with Gasteiger partial charge in [0.15, 0.2) is 0 Å². The van der Waals surface area contributed by atoms with E-state index in [0.717, 1.165) is 11.1 Å². The molecule has 4 heteroatoms. The van der Waals surface area contributed by atoms with Gasteiger partial charge in [-0.3, -0.25) is 9.59 Å². The first-order chi connectivity index (χ1) is 12.0. The van der Waals surface area contributed by atoms with Crippen molar-refractivity contribution in [3.63, 3.8) is 0 Å². The Hall–Kier alpha value is -2.62. The first kappa shape index (κ1) is 17.2. The molecule has 3 rings (SSSR count). The van der Waals surface area contributed by atoms with Gasteiger partial charge in [-0.25, -0.2) is 0 Å². The largest absolute Gasteiger partial charge is 0.481 e. The van der Waals surface area contributed by atoms with Crippen LogP contribution in [0.2, 0.25) is 0 Å². The predicted octanol–water partition coefficient (Wildman–Crippen LogP) is 3.45. The second kappa shape index (κ2) is 7.09. The molecule has 0 bridgehead atoms. The molecule has 0 aromatic heterocycles. The first-order valence-corrected chi connectivity index (χ1v) is 8.60. The van der Waals surface area contributed by atoms with Crippen LogP contribution in [-0.2, 0) is 22.6 Å². The molecule has 0 fully saturated rings. The van der Waals surface area contributed by atoms with E-state index in [9.17, 15) is 14.7 Å². The summed E-state index contributed by atoms with van der Waals surface area (Å²) in [5.41, 5.74) is 5.34. The number of aliphatic carboxylic acids is 1. The zero-order valence-corrected chi connectivity index (χ0v) is 14.7. The molecule has 1 unspecified atom stereocenters. The lowest BCUT2D eigenvalue weighted by atomic mass is 9.89. The molecule has 1 atom stereocenters. The third-order valence-corrected chi connectivity index (χ3v) is 4.95. The highest BCUT2D eigenvalue weighted by Crippen LogP contribution is 2.29. The molecule has 1 amide bonds. The zero-order valence-electron chi connectivity index (χ0n) is 14.7. The summed E-state index contributed by atoms with van der Waals surface area (Å²) in [6.07, 6.45) is 1.08. The highest BCUT2D eigenvalue weighted by molar-refractivity contribution is 5.81. The first-order valence-electron chi connectivity index (χ1n) is 8.60. The number of rotatable bonds is 4. The van der Waals surface area contributed by atoms with Crippen molar-refractivity contribution in [3.05, 3.63) is 70.3 Å². The molecule has 1 N–H and O–H groups in total. The molecule has 0 saturated carbocycles. The number of amides is 1. The van der Waals surface area contributed by atoms with Gasteiger partial charge in [-0.1, -0.05) is 48.0 Å². The van der Waals surface area contributed by atoms with Gasteiger partial charge in [-0.2, -0.15) is 0 Å². The second-order valence-electron chi connectivity index (χ2n) is 6.79. The summed E-state index contributed by atoms with van der Waals surface area (Å²) in [6, 6.07) is 13.8. The Morgan fingerprint density at radius 1 is 1.16 bits per heavy atom. The van der Waals surface area contributed by atoms with Crippen molar-refractivity contribution in [2.45, 2.75) is 39.2 Å². The van der Waals surface area contributed by atoms with Crippen LogP contribution in [0.3, 0.4) is 0 Å². The number of hydrogen-bond donors (Lipinski definition) is 1. The van der Waals surface area contributed by atoms with E-state index in [4.69, 9.17) is 0 Å². The van der Waals surface area contributed by atoms with Gasteiger partial charge in [0.05, 0.1) is 5.92 Å². The minimum absolute atomic E-state index is 0.0146. The summed E-state index contributed by atoms with van der Waals surface area (Å²) >= 11 is 0. The number of carbonyl (C=O) groups excluding carboxylic acids is 1. The SMILES string of the molecule is Cc1ccc(CCC(=O)N2Cc3ccccc3C(C(=O)O)C2)c(C)c1. The van der Waals surface area contributed by atoms with Crippen molar-refractivity contribution >= 4 is 11.9 Å². The van der Waals surface area contributed by atoms with Gasteiger partial charge in [0.2, 0.25) is 5.91 Å². The minimum atomic E-state index is -0.876. The highest BCUT2D eigenvalue weighted by Gasteiger charge is 2.32. The maximum Gasteiger partial charge on any atom is 0.312 e. The van der Waals surface area contributed by atoms with E-state index in [0.29, 0.717) is 19.4 Å². The molecule has 1 aliphatic heterocycles. The summed E-state index contributed by atoms with van der Waals surface area (Å²) in [5, 5.41) is 9.52. The van der Waals surface area contributed by atoms with E-state index in [1.807, 2.05) is 24.3 Å². The summed E-state index contributed by atoms with van der Waals surface area (Å²) in [6.45, 7) is 4.85. The van der Waals surface area contributed by atoms with Crippen molar-refractivity contribution in [2.24, 2.45) is 0 Å². The van der Waals surface area contributed by atoms with Crippen LogP contribution in [-0.4, -0.2) is 28.4 Å². The number of aryl methyl sites for hydroxylation is 3. The van der Waals surface area contributed by atoms with Gasteiger partial charge in [0.1, 0.15) is 0 Å². The van der Waals surface area contributed by atoms with Crippen molar-refractivity contribution in [2.75, 3.05) is 6.54 Å². The fraction of sp³-hybridized carbons (Fsp3) is 0.333. The van der Waals surface area contributed by atoms with Crippen molar-refractivity contribution in [1.29, 1.82) is 0 Å². The Bertz CT molecular complexity index is 813. The van der Waals surface area contributed by atoms with Crippen LogP contribution in [0.5, 0.6) is 0 Å². The molecule has 25 heavy (non-hydrogen) atoms. The number of carboxylic acid groups (broad SMARTS) is 1. The molecule has 1 aliphatic rings. The maximum atomic E-state index is 12.7. The molecule has 0 spiro atoms. The lowest BCUT2D eigenvalue weighted by molar-refractivity contribution is -0.141. The zero-order chi connectivity index (χ0) is 18.0. The quantitative estimate of drug-likeness (QED) is 0.930. The molecule has 0 radical (unpaired) electrons. The van der Waals surface area contributed by atoms with E-state index in [1.165, 1.54) is 16.7 Å². The summed E-state index contributed by atoms with van der Waals surface area (Å²) in [4.78, 5) is 25.9. The van der Waals surface area contributed by atoms with Crippen molar-refractivity contribution in [1.82, 2.24) is 4.90 Å². The molecule has 2 aromatic carbocycles. The fourth-order valence-electron chi connectivity index (χ4n) is 3.53. The summed E-state index contributed by atoms with van der Waals surface area (Å²) < 4.78 is 0. The standard InChI is InChI=1S/C21H23NO3/c1-14-7-8-16(15(2)11-14)9-10-20(23)22-12-17-5-3-4-6-18(17)19(13-22)21(24)25/h3-8,11,19H,9-10,12-13H2,1-2H3,(H,24,25). The predicted molar refractivity (Wildman–Crippen MR) is 96.5 cm³/mol. The average molecular weight is 337 g/mol. The fourth-order valence-corrected chi connectivity index (χ4v) is 3.53. The van der Waals surface area contributed by atoms with Crippen LogP contribution < -0.4 is 0 Å². The summed E-state index contributed by atoms with van der Waals surface area (Å²) in [7, 11) is 0. The number of fused-ring (bicyclic) bond motifs is 1. The van der Waals surface area contributed by atoms with Crippen molar-refractivity contribution in [3.8, 4) is 0 Å². The maximum absolute atomic E-state index is 12.7. The molecule has 1 heterocycles. The average Bonchev–Trinajstić information content (AvgIpc) is 2.59. The van der Waals surface area contributed by atoms with Crippen LogP contribution in [0.1, 0.15) is 40.2 Å². The topological polar surface area (TPSA) is 57.6 Å². The lowest BCUT2D eigenvalue weighted by Gasteiger charge is -2.33. The van der Waals surface area contributed by atoms with E-state index in [1.54, 1.807) is 4.90 Å². The van der Waals surface area contributed by atoms with Crippen LogP contribution in [0.25, 0.3) is 0 Å². The van der Waals surface area contributed by atoms with Gasteiger partial charge in [0, 0.05) is 19.5 Å². The van der Waals surface area contributed by atoms with Gasteiger partial charge in [0.25, 0.3) is 0 Å². The van der Waals surface area contributed by atoms with Crippen LogP contribution in [0.15, 0.2) is 42.5 Å². The molecule has 0 saturated heterocycles. The van der Waals surface area contributed by atoms with Gasteiger partial charge in [-0.15, -0.1) is 0 Å². The third kappa shape index (κ3) is 3.73. The number of nitrogens with zero attached hydrogens (tertiary/aromatic N) is 1. The van der Waals surface area contributed by atoms with Gasteiger partial charge >= 0.3 is 5.97 Å². The molecule has 2 aromatic rings. The highest BCUT2D eigenvalue weighted by atomic mass is 16.4.